The Morgan fingerprint density at radius 2 is 1.70 bits per heavy atom. The largest absolute Gasteiger partial charge is 0.487 e. The monoisotopic (exact) mass is 876 g/mol. The lowest BCUT2D eigenvalue weighted by Crippen LogP contribution is -2.40. The van der Waals surface area contributed by atoms with Gasteiger partial charge in [0.05, 0.1) is 35.6 Å². The molecular weight excluding hydrogens is 853 g/mol. The van der Waals surface area contributed by atoms with Crippen molar-refractivity contribution in [1.82, 2.24) is 4.57 Å². The van der Waals surface area contributed by atoms with Crippen molar-refractivity contribution in [1.29, 1.82) is 0 Å². The highest BCUT2D eigenvalue weighted by atomic mass is 127. The lowest BCUT2D eigenvalue weighted by atomic mass is 9.93. The van der Waals surface area contributed by atoms with Crippen LogP contribution in [0.5, 0.6) is 5.75 Å². The van der Waals surface area contributed by atoms with E-state index in [1.807, 2.05) is 60.7 Å². The van der Waals surface area contributed by atoms with Crippen LogP contribution in [-0.2, 0) is 16.1 Å². The molecule has 0 N–H and O–H groups in total. The Morgan fingerprint density at radius 1 is 1.02 bits per heavy atom. The summed E-state index contributed by atoms with van der Waals surface area (Å²) in [5.74, 6) is -0.131. The van der Waals surface area contributed by atoms with E-state index in [0.29, 0.717) is 38.0 Å². The number of nitrogens with zero attached hydrogens (tertiary/aromatic N) is 2. The molecule has 6 nitrogen and oxygen atoms in total. The summed E-state index contributed by atoms with van der Waals surface area (Å²) in [6.07, 6.45) is 1.83. The Bertz CT molecular complexity index is 2130. The molecule has 1 aromatic heterocycles. The number of thiazole rings is 1. The van der Waals surface area contributed by atoms with Gasteiger partial charge in [-0.1, -0.05) is 77.5 Å². The molecule has 11 heteroatoms. The number of fused-ring (bicyclic) bond motifs is 1. The van der Waals surface area contributed by atoms with Crippen LogP contribution in [0.2, 0.25) is 5.02 Å². The summed E-state index contributed by atoms with van der Waals surface area (Å²) in [7, 11) is 0. The van der Waals surface area contributed by atoms with E-state index >= 15 is 0 Å². The molecule has 232 valence electrons. The van der Waals surface area contributed by atoms with Crippen LogP contribution < -0.4 is 19.6 Å². The summed E-state index contributed by atoms with van der Waals surface area (Å²) in [5, 5.41) is 0.537. The summed E-state index contributed by atoms with van der Waals surface area (Å²) < 4.78 is 28.7. The molecule has 46 heavy (non-hydrogen) atoms. The molecule has 0 unspecified atom stereocenters. The van der Waals surface area contributed by atoms with Gasteiger partial charge in [0.1, 0.15) is 18.2 Å². The van der Waals surface area contributed by atoms with Crippen molar-refractivity contribution in [2.45, 2.75) is 19.6 Å². The molecule has 1 atom stereocenters. The molecule has 5 aromatic rings. The predicted octanol–water partition coefficient (Wildman–Crippen LogP) is 7.52. The predicted molar refractivity (Wildman–Crippen MR) is 195 cm³/mol. The molecule has 6 rings (SSSR count). The minimum absolute atomic E-state index is 0.170. The van der Waals surface area contributed by atoms with Crippen LogP contribution in [0.15, 0.2) is 106 Å². The minimum Gasteiger partial charge on any atom is -0.487 e. The second-order valence-corrected chi connectivity index (χ2v) is 14.0. The van der Waals surface area contributed by atoms with Crippen LogP contribution in [0, 0.1) is 13.0 Å². The molecule has 2 heterocycles. The Morgan fingerprint density at radius 3 is 2.35 bits per heavy atom. The average Bonchev–Trinajstić information content (AvgIpc) is 3.35. The highest BCUT2D eigenvalue weighted by Gasteiger charge is 2.35. The van der Waals surface area contributed by atoms with E-state index in [0.717, 1.165) is 23.8 Å². The van der Waals surface area contributed by atoms with Gasteiger partial charge in [-0.3, -0.25) is 9.36 Å². The standard InChI is InChI=1S/C35H24ClFI2N2O4S/c1-2-44-34(43)29-30(22-6-4-3-5-7-22)40-35-41(31(29)23-10-12-24(36)13-11-23)33(42)28(46-35)18-21-16-26(38)32(27(39)17-21)45-19-20-8-14-25(37)15-9-20/h3-18,31H,2,19H2,1H3/b28-18-/t31-/m0/s1. The van der Waals surface area contributed by atoms with Crippen molar-refractivity contribution in [3.05, 3.63) is 156 Å². The quantitative estimate of drug-likeness (QED) is 0.120. The van der Waals surface area contributed by atoms with Crippen molar-refractivity contribution in [3.8, 4) is 5.75 Å². The maximum atomic E-state index is 14.2. The van der Waals surface area contributed by atoms with Gasteiger partial charge in [-0.15, -0.1) is 0 Å². The average molecular weight is 877 g/mol. The molecule has 0 aliphatic carbocycles. The maximum absolute atomic E-state index is 14.2. The number of carbonyl (C=O) groups excluding carboxylic acids is 1. The fourth-order valence-electron chi connectivity index (χ4n) is 5.09. The van der Waals surface area contributed by atoms with Crippen molar-refractivity contribution < 1.29 is 18.7 Å². The number of aromatic nitrogens is 1. The molecular formula is C35H24ClFI2N2O4S. The number of hydrogen-bond acceptors (Lipinski definition) is 6. The topological polar surface area (TPSA) is 69.9 Å². The molecule has 0 radical (unpaired) electrons. The molecule has 0 fully saturated rings. The Balaban J connectivity index is 1.47. The van der Waals surface area contributed by atoms with Crippen molar-refractivity contribution in [3.63, 3.8) is 0 Å². The molecule has 0 spiro atoms. The number of benzene rings is 4. The molecule has 4 aromatic carbocycles. The Labute approximate surface area is 300 Å². The van der Waals surface area contributed by atoms with Gasteiger partial charge in [-0.05, 0) is 111 Å². The van der Waals surface area contributed by atoms with Gasteiger partial charge < -0.3 is 9.47 Å². The van der Waals surface area contributed by atoms with E-state index in [9.17, 15) is 14.0 Å². The van der Waals surface area contributed by atoms with E-state index in [4.69, 9.17) is 26.1 Å². The molecule has 0 saturated heterocycles. The normalized spacial score (nSPS) is 14.5. The first-order valence-corrected chi connectivity index (χ1v) is 17.5. The third-order valence-electron chi connectivity index (χ3n) is 7.17. The number of halogens is 4. The van der Waals surface area contributed by atoms with Crippen molar-refractivity contribution in [2.75, 3.05) is 6.61 Å². The summed E-state index contributed by atoms with van der Waals surface area (Å²) in [6.45, 7) is 2.21. The van der Waals surface area contributed by atoms with Crippen LogP contribution in [-0.4, -0.2) is 17.1 Å². The molecule has 0 amide bonds. The SMILES string of the molecule is CCOC(=O)C1=C(c2ccccc2)N=c2s/c(=C\c3cc(I)c(OCc4ccc(F)cc4)c(I)c3)c(=O)n2[C@H]1c1ccc(Cl)cc1. The van der Waals surface area contributed by atoms with Gasteiger partial charge in [0.2, 0.25) is 0 Å². The fourth-order valence-corrected chi connectivity index (χ4v) is 8.34. The summed E-state index contributed by atoms with van der Waals surface area (Å²) in [5.41, 5.74) is 3.56. The maximum Gasteiger partial charge on any atom is 0.338 e. The number of carbonyl (C=O) groups is 1. The zero-order valence-electron chi connectivity index (χ0n) is 24.2. The van der Waals surface area contributed by atoms with Crippen molar-refractivity contribution >= 4 is 85.9 Å². The molecule has 1 aliphatic heterocycles. The van der Waals surface area contributed by atoms with Gasteiger partial charge in [0.15, 0.2) is 4.80 Å². The minimum atomic E-state index is -0.785. The fraction of sp³-hybridized carbons (Fsp3) is 0.114. The first kappa shape index (κ1) is 32.6. The zero-order chi connectivity index (χ0) is 32.4. The van der Waals surface area contributed by atoms with Gasteiger partial charge in [0.25, 0.3) is 5.56 Å². The number of ether oxygens (including phenoxy) is 2. The van der Waals surface area contributed by atoms with Crippen LogP contribution in [0.25, 0.3) is 11.8 Å². The Hall–Kier alpha value is -3.33. The van der Waals surface area contributed by atoms with E-state index in [1.54, 1.807) is 35.8 Å². The van der Waals surface area contributed by atoms with Gasteiger partial charge in [-0.2, -0.15) is 0 Å². The van der Waals surface area contributed by atoms with Gasteiger partial charge >= 0.3 is 5.97 Å². The van der Waals surface area contributed by atoms with Crippen molar-refractivity contribution in [2.24, 2.45) is 4.99 Å². The third kappa shape index (κ3) is 6.85. The third-order valence-corrected chi connectivity index (χ3v) is 10.0. The van der Waals surface area contributed by atoms with Crippen LogP contribution in [0.4, 0.5) is 4.39 Å². The zero-order valence-corrected chi connectivity index (χ0v) is 30.1. The second-order valence-electron chi connectivity index (χ2n) is 10.2. The summed E-state index contributed by atoms with van der Waals surface area (Å²) >= 11 is 11.9. The number of rotatable bonds is 8. The highest BCUT2D eigenvalue weighted by Crippen LogP contribution is 2.36. The van der Waals surface area contributed by atoms with E-state index < -0.39 is 12.0 Å². The molecule has 0 saturated carbocycles. The first-order chi connectivity index (χ1) is 22.2. The summed E-state index contributed by atoms with van der Waals surface area (Å²) in [6, 6.07) is 25.8. The van der Waals surface area contributed by atoms with E-state index in [-0.39, 0.29) is 23.6 Å². The number of hydrogen-bond donors (Lipinski definition) is 0. The van der Waals surface area contributed by atoms with Crippen LogP contribution >= 0.6 is 68.1 Å². The molecule has 0 bridgehead atoms. The lowest BCUT2D eigenvalue weighted by Gasteiger charge is -2.25. The van der Waals surface area contributed by atoms with Gasteiger partial charge in [-0.25, -0.2) is 14.2 Å². The summed E-state index contributed by atoms with van der Waals surface area (Å²) in [4.78, 5) is 33.1. The highest BCUT2D eigenvalue weighted by molar-refractivity contribution is 14.1. The lowest BCUT2D eigenvalue weighted by molar-refractivity contribution is -0.138. The van der Waals surface area contributed by atoms with Crippen LogP contribution in [0.1, 0.15) is 35.2 Å². The Kier molecular flexibility index (Phi) is 10.1. The van der Waals surface area contributed by atoms with Crippen LogP contribution in [0.3, 0.4) is 0 Å². The van der Waals surface area contributed by atoms with Gasteiger partial charge in [0, 0.05) is 10.6 Å². The van der Waals surface area contributed by atoms with E-state index in [1.165, 1.54) is 23.5 Å². The molecule has 1 aliphatic rings. The number of esters is 1. The van der Waals surface area contributed by atoms with E-state index in [2.05, 4.69) is 45.2 Å². The first-order valence-electron chi connectivity index (χ1n) is 14.1. The smallest absolute Gasteiger partial charge is 0.338 e. The second kappa shape index (κ2) is 14.2.